The summed E-state index contributed by atoms with van der Waals surface area (Å²) in [5.74, 6) is -0.378. The highest BCUT2D eigenvalue weighted by molar-refractivity contribution is 5.78. The number of carboxylic acid groups (broad SMARTS) is 1. The summed E-state index contributed by atoms with van der Waals surface area (Å²) in [4.78, 5) is 23.0. The number of aliphatic carboxylic acids is 1. The summed E-state index contributed by atoms with van der Waals surface area (Å²) in [7, 11) is 0. The SMILES string of the molecule is O=C(O)CC1(CC(=O)NCC2CCOC2)CCCC1. The van der Waals surface area contributed by atoms with Crippen molar-refractivity contribution in [3.63, 3.8) is 0 Å². The lowest BCUT2D eigenvalue weighted by Gasteiger charge is -2.26. The number of hydrogen-bond acceptors (Lipinski definition) is 3. The van der Waals surface area contributed by atoms with E-state index in [-0.39, 0.29) is 17.7 Å². The van der Waals surface area contributed by atoms with E-state index in [0.717, 1.165) is 45.3 Å². The molecular formula is C14H23NO4. The van der Waals surface area contributed by atoms with Crippen LogP contribution in [0, 0.1) is 11.3 Å². The zero-order valence-corrected chi connectivity index (χ0v) is 11.3. The first-order valence-electron chi connectivity index (χ1n) is 7.16. The van der Waals surface area contributed by atoms with Crippen LogP contribution in [0.25, 0.3) is 0 Å². The molecule has 1 saturated carbocycles. The summed E-state index contributed by atoms with van der Waals surface area (Å²) in [6.45, 7) is 2.16. The second-order valence-electron chi connectivity index (χ2n) is 5.99. The molecule has 1 heterocycles. The van der Waals surface area contributed by atoms with Crippen LogP contribution < -0.4 is 5.32 Å². The number of rotatable bonds is 6. The van der Waals surface area contributed by atoms with Crippen LogP contribution in [0.3, 0.4) is 0 Å². The van der Waals surface area contributed by atoms with Gasteiger partial charge in [-0.3, -0.25) is 9.59 Å². The first-order valence-corrected chi connectivity index (χ1v) is 7.16. The molecule has 108 valence electrons. The molecule has 19 heavy (non-hydrogen) atoms. The van der Waals surface area contributed by atoms with Gasteiger partial charge in [0.25, 0.3) is 0 Å². The highest BCUT2D eigenvalue weighted by atomic mass is 16.5. The average molecular weight is 269 g/mol. The molecule has 2 rings (SSSR count). The molecule has 1 atom stereocenters. The smallest absolute Gasteiger partial charge is 0.303 e. The maximum Gasteiger partial charge on any atom is 0.303 e. The van der Waals surface area contributed by atoms with Crippen LogP contribution in [-0.4, -0.2) is 36.7 Å². The van der Waals surface area contributed by atoms with Crippen molar-refractivity contribution in [3.05, 3.63) is 0 Å². The summed E-state index contributed by atoms with van der Waals surface area (Å²) in [5.41, 5.74) is -0.303. The summed E-state index contributed by atoms with van der Waals surface area (Å²) in [5, 5.41) is 11.9. The van der Waals surface area contributed by atoms with Crippen molar-refractivity contribution in [2.24, 2.45) is 11.3 Å². The highest BCUT2D eigenvalue weighted by Crippen LogP contribution is 2.43. The third-order valence-electron chi connectivity index (χ3n) is 4.34. The van der Waals surface area contributed by atoms with Gasteiger partial charge in [0.2, 0.25) is 5.91 Å². The predicted molar refractivity (Wildman–Crippen MR) is 69.7 cm³/mol. The molecule has 2 aliphatic rings. The normalized spacial score (nSPS) is 25.4. The van der Waals surface area contributed by atoms with Gasteiger partial charge in [0, 0.05) is 25.5 Å². The van der Waals surface area contributed by atoms with Crippen molar-refractivity contribution in [2.75, 3.05) is 19.8 Å². The van der Waals surface area contributed by atoms with Gasteiger partial charge in [-0.2, -0.15) is 0 Å². The van der Waals surface area contributed by atoms with Crippen molar-refractivity contribution in [1.82, 2.24) is 5.32 Å². The molecule has 1 aliphatic carbocycles. The largest absolute Gasteiger partial charge is 0.481 e. The minimum Gasteiger partial charge on any atom is -0.481 e. The van der Waals surface area contributed by atoms with E-state index in [0.29, 0.717) is 18.9 Å². The minimum atomic E-state index is -0.793. The first-order chi connectivity index (χ1) is 9.10. The monoisotopic (exact) mass is 269 g/mol. The molecule has 1 saturated heterocycles. The predicted octanol–water partition coefficient (Wildman–Crippen LogP) is 1.56. The van der Waals surface area contributed by atoms with Gasteiger partial charge in [-0.15, -0.1) is 0 Å². The molecule has 0 aromatic rings. The molecule has 0 spiro atoms. The number of hydrogen-bond donors (Lipinski definition) is 2. The zero-order valence-electron chi connectivity index (χ0n) is 11.3. The first kappa shape index (κ1) is 14.3. The summed E-state index contributed by atoms with van der Waals surface area (Å²) in [6.07, 6.45) is 5.27. The molecule has 5 heteroatoms. The lowest BCUT2D eigenvalue weighted by Crippen LogP contribution is -2.34. The van der Waals surface area contributed by atoms with E-state index >= 15 is 0 Å². The molecule has 0 bridgehead atoms. The Morgan fingerprint density at radius 3 is 2.58 bits per heavy atom. The van der Waals surface area contributed by atoms with Gasteiger partial charge in [-0.25, -0.2) is 0 Å². The van der Waals surface area contributed by atoms with Crippen molar-refractivity contribution in [3.8, 4) is 0 Å². The molecule has 0 radical (unpaired) electrons. The van der Waals surface area contributed by atoms with Crippen LogP contribution >= 0.6 is 0 Å². The molecule has 5 nitrogen and oxygen atoms in total. The second-order valence-corrected chi connectivity index (χ2v) is 5.99. The Labute approximate surface area is 113 Å². The van der Waals surface area contributed by atoms with Gasteiger partial charge < -0.3 is 15.2 Å². The van der Waals surface area contributed by atoms with E-state index in [4.69, 9.17) is 9.84 Å². The van der Waals surface area contributed by atoms with Crippen LogP contribution in [0.4, 0.5) is 0 Å². The van der Waals surface area contributed by atoms with Crippen LogP contribution in [0.15, 0.2) is 0 Å². The number of nitrogens with one attached hydrogen (secondary N) is 1. The maximum atomic E-state index is 12.0. The van der Waals surface area contributed by atoms with Crippen LogP contribution in [0.2, 0.25) is 0 Å². The molecule has 2 fully saturated rings. The van der Waals surface area contributed by atoms with Crippen LogP contribution in [0.1, 0.15) is 44.9 Å². The average Bonchev–Trinajstić information content (AvgIpc) is 2.97. The van der Waals surface area contributed by atoms with E-state index in [1.54, 1.807) is 0 Å². The fourth-order valence-corrected chi connectivity index (χ4v) is 3.27. The van der Waals surface area contributed by atoms with E-state index in [2.05, 4.69) is 5.32 Å². The minimum absolute atomic E-state index is 0.00458. The number of amides is 1. The molecule has 1 amide bonds. The molecule has 0 aromatic carbocycles. The highest BCUT2D eigenvalue weighted by Gasteiger charge is 2.38. The number of carboxylic acids is 1. The fraction of sp³-hybridized carbons (Fsp3) is 0.857. The van der Waals surface area contributed by atoms with E-state index in [1.807, 2.05) is 0 Å². The number of carbonyl (C=O) groups excluding carboxylic acids is 1. The molecular weight excluding hydrogens is 246 g/mol. The van der Waals surface area contributed by atoms with Gasteiger partial charge >= 0.3 is 5.97 Å². The Hall–Kier alpha value is -1.10. The fourth-order valence-electron chi connectivity index (χ4n) is 3.27. The van der Waals surface area contributed by atoms with Crippen molar-refractivity contribution < 1.29 is 19.4 Å². The van der Waals surface area contributed by atoms with E-state index in [1.165, 1.54) is 0 Å². The van der Waals surface area contributed by atoms with Gasteiger partial charge in [0.05, 0.1) is 13.0 Å². The Morgan fingerprint density at radius 1 is 1.26 bits per heavy atom. The second kappa shape index (κ2) is 6.37. The van der Waals surface area contributed by atoms with Gasteiger partial charge in [-0.1, -0.05) is 12.8 Å². The third kappa shape index (κ3) is 4.20. The molecule has 1 aliphatic heterocycles. The summed E-state index contributed by atoms with van der Waals surface area (Å²) >= 11 is 0. The van der Waals surface area contributed by atoms with Gasteiger partial charge in [-0.05, 0) is 24.7 Å². The third-order valence-corrected chi connectivity index (χ3v) is 4.34. The van der Waals surface area contributed by atoms with E-state index < -0.39 is 5.97 Å². The topological polar surface area (TPSA) is 75.6 Å². The Morgan fingerprint density at radius 2 is 2.00 bits per heavy atom. The summed E-state index contributed by atoms with van der Waals surface area (Å²) in [6, 6.07) is 0. The summed E-state index contributed by atoms with van der Waals surface area (Å²) < 4.78 is 5.27. The van der Waals surface area contributed by atoms with Crippen molar-refractivity contribution >= 4 is 11.9 Å². The lowest BCUT2D eigenvalue weighted by molar-refractivity contribution is -0.140. The zero-order chi connectivity index (χ0) is 13.7. The van der Waals surface area contributed by atoms with Gasteiger partial charge in [0.15, 0.2) is 0 Å². The van der Waals surface area contributed by atoms with Gasteiger partial charge in [0.1, 0.15) is 0 Å². The Balaban J connectivity index is 1.79. The van der Waals surface area contributed by atoms with Crippen molar-refractivity contribution in [1.29, 1.82) is 0 Å². The molecule has 1 unspecified atom stereocenters. The standard InChI is InChI=1S/C14H23NO4/c16-12(15-9-11-3-6-19-10-11)7-14(8-13(17)18)4-1-2-5-14/h11H,1-10H2,(H,15,16)(H,17,18). The quantitative estimate of drug-likeness (QED) is 0.767. The van der Waals surface area contributed by atoms with Crippen LogP contribution in [-0.2, 0) is 14.3 Å². The lowest BCUT2D eigenvalue weighted by atomic mass is 9.79. The Bertz CT molecular complexity index is 330. The number of ether oxygens (including phenoxy) is 1. The maximum absolute atomic E-state index is 12.0. The van der Waals surface area contributed by atoms with Crippen molar-refractivity contribution in [2.45, 2.75) is 44.9 Å². The van der Waals surface area contributed by atoms with Crippen LogP contribution in [0.5, 0.6) is 0 Å². The molecule has 2 N–H and O–H groups in total. The molecule has 0 aromatic heterocycles. The van der Waals surface area contributed by atoms with E-state index in [9.17, 15) is 9.59 Å². The Kier molecular flexibility index (Phi) is 4.80. The number of carbonyl (C=O) groups is 2.